The number of rotatable bonds is 1. The molecule has 1 heteroatoms. The molecule has 2 saturated carbocycles. The first-order valence-corrected chi connectivity index (χ1v) is 5.69. The van der Waals surface area contributed by atoms with Crippen LogP contribution in [0.4, 0.5) is 0 Å². The molecule has 0 saturated heterocycles. The Morgan fingerprint density at radius 3 is 2.38 bits per heavy atom. The van der Waals surface area contributed by atoms with Gasteiger partial charge in [0, 0.05) is 5.92 Å². The van der Waals surface area contributed by atoms with Crippen LogP contribution in [0.5, 0.6) is 0 Å². The summed E-state index contributed by atoms with van der Waals surface area (Å²) in [6, 6.07) is 0. The molecule has 1 nitrogen and oxygen atoms in total. The molecule has 0 aromatic rings. The lowest BCUT2D eigenvalue weighted by atomic mass is 9.67. The maximum absolute atomic E-state index is 10.9. The first-order chi connectivity index (χ1) is 6.24. The molecule has 0 aromatic carbocycles. The van der Waals surface area contributed by atoms with Crippen LogP contribution in [-0.4, -0.2) is 6.29 Å². The summed E-state index contributed by atoms with van der Waals surface area (Å²) in [5.41, 5.74) is 0. The first-order valence-electron chi connectivity index (χ1n) is 5.69. The van der Waals surface area contributed by atoms with E-state index in [1.807, 2.05) is 0 Å². The fourth-order valence-corrected chi connectivity index (χ4v) is 3.69. The molecule has 2 fully saturated rings. The highest BCUT2D eigenvalue weighted by atomic mass is 16.1. The van der Waals surface area contributed by atoms with Gasteiger partial charge in [-0.05, 0) is 36.5 Å². The van der Waals surface area contributed by atoms with Gasteiger partial charge < -0.3 is 4.79 Å². The van der Waals surface area contributed by atoms with Crippen LogP contribution in [-0.2, 0) is 4.79 Å². The average Bonchev–Trinajstić information content (AvgIpc) is 2.56. The van der Waals surface area contributed by atoms with Gasteiger partial charge in [0.25, 0.3) is 0 Å². The van der Waals surface area contributed by atoms with Gasteiger partial charge in [-0.2, -0.15) is 0 Å². The summed E-state index contributed by atoms with van der Waals surface area (Å²) < 4.78 is 0. The van der Waals surface area contributed by atoms with Crippen molar-refractivity contribution in [1.29, 1.82) is 0 Å². The van der Waals surface area contributed by atoms with Crippen LogP contribution in [0.1, 0.15) is 39.5 Å². The van der Waals surface area contributed by atoms with E-state index in [-0.39, 0.29) is 0 Å². The van der Waals surface area contributed by atoms with Crippen LogP contribution in [0.15, 0.2) is 0 Å². The lowest BCUT2D eigenvalue weighted by Crippen LogP contribution is -2.32. The minimum Gasteiger partial charge on any atom is -0.303 e. The van der Waals surface area contributed by atoms with Gasteiger partial charge in [0.2, 0.25) is 0 Å². The molecule has 0 amide bonds. The van der Waals surface area contributed by atoms with E-state index >= 15 is 0 Å². The molecule has 74 valence electrons. The molecule has 5 atom stereocenters. The van der Waals surface area contributed by atoms with Crippen LogP contribution >= 0.6 is 0 Å². The minimum atomic E-state index is 0.391. The highest BCUT2D eigenvalue weighted by molar-refractivity contribution is 5.55. The number of carbonyl (C=O) groups is 1. The van der Waals surface area contributed by atoms with Crippen LogP contribution in [0, 0.1) is 29.6 Å². The Morgan fingerprint density at radius 1 is 1.00 bits per heavy atom. The van der Waals surface area contributed by atoms with E-state index in [9.17, 15) is 4.79 Å². The third-order valence-corrected chi connectivity index (χ3v) is 4.46. The van der Waals surface area contributed by atoms with Crippen molar-refractivity contribution >= 4 is 6.29 Å². The SMILES string of the molecule is CC1CCC(C)C2C(C=O)CCC12. The lowest BCUT2D eigenvalue weighted by molar-refractivity contribution is -0.113. The minimum absolute atomic E-state index is 0.391. The monoisotopic (exact) mass is 180 g/mol. The third kappa shape index (κ3) is 1.43. The molecule has 13 heavy (non-hydrogen) atoms. The molecule has 0 bridgehead atoms. The fraction of sp³-hybridized carbons (Fsp3) is 0.917. The molecule has 0 N–H and O–H groups in total. The van der Waals surface area contributed by atoms with E-state index in [1.54, 1.807) is 0 Å². The topological polar surface area (TPSA) is 17.1 Å². The van der Waals surface area contributed by atoms with E-state index in [2.05, 4.69) is 13.8 Å². The zero-order valence-corrected chi connectivity index (χ0v) is 8.70. The molecule has 0 aliphatic heterocycles. The summed E-state index contributed by atoms with van der Waals surface area (Å²) >= 11 is 0. The third-order valence-electron chi connectivity index (χ3n) is 4.46. The normalized spacial score (nSPS) is 50.2. The largest absolute Gasteiger partial charge is 0.303 e. The van der Waals surface area contributed by atoms with Crippen molar-refractivity contribution in [2.24, 2.45) is 29.6 Å². The number of hydrogen-bond acceptors (Lipinski definition) is 1. The van der Waals surface area contributed by atoms with Crippen molar-refractivity contribution in [2.75, 3.05) is 0 Å². The van der Waals surface area contributed by atoms with E-state index in [0.717, 1.165) is 30.1 Å². The smallest absolute Gasteiger partial charge is 0.123 e. The number of aldehydes is 1. The van der Waals surface area contributed by atoms with Crippen molar-refractivity contribution in [3.05, 3.63) is 0 Å². The van der Waals surface area contributed by atoms with E-state index in [0.29, 0.717) is 5.92 Å². The summed E-state index contributed by atoms with van der Waals surface area (Å²) in [4.78, 5) is 10.9. The number of carbonyl (C=O) groups excluding carboxylic acids is 1. The summed E-state index contributed by atoms with van der Waals surface area (Å²) in [5.74, 6) is 3.63. The quantitative estimate of drug-likeness (QED) is 0.567. The molecule has 0 heterocycles. The maximum atomic E-state index is 10.9. The molecule has 2 aliphatic carbocycles. The van der Waals surface area contributed by atoms with Crippen LogP contribution < -0.4 is 0 Å². The Kier molecular flexibility index (Phi) is 2.44. The molecule has 2 aliphatic rings. The van der Waals surface area contributed by atoms with E-state index < -0.39 is 0 Å². The molecular formula is C12H20O. The zero-order chi connectivity index (χ0) is 9.42. The summed E-state index contributed by atoms with van der Waals surface area (Å²) in [6.45, 7) is 4.71. The second kappa shape index (κ2) is 3.43. The summed E-state index contributed by atoms with van der Waals surface area (Å²) in [5, 5.41) is 0. The highest BCUT2D eigenvalue weighted by Gasteiger charge is 2.43. The van der Waals surface area contributed by atoms with Gasteiger partial charge in [0.1, 0.15) is 6.29 Å². The van der Waals surface area contributed by atoms with Crippen molar-refractivity contribution in [3.63, 3.8) is 0 Å². The molecule has 5 unspecified atom stereocenters. The first kappa shape index (κ1) is 9.23. The lowest BCUT2D eigenvalue weighted by Gasteiger charge is -2.38. The number of hydrogen-bond donors (Lipinski definition) is 0. The number of fused-ring (bicyclic) bond motifs is 1. The summed E-state index contributed by atoms with van der Waals surface area (Å²) in [7, 11) is 0. The van der Waals surface area contributed by atoms with Crippen molar-refractivity contribution < 1.29 is 4.79 Å². The second-order valence-electron chi connectivity index (χ2n) is 5.15. The standard InChI is InChI=1S/C12H20O/c1-8-3-4-9(2)12-10(7-13)5-6-11(8)12/h7-12H,3-6H2,1-2H3. The van der Waals surface area contributed by atoms with Gasteiger partial charge in [0.15, 0.2) is 0 Å². The van der Waals surface area contributed by atoms with Crippen LogP contribution in [0.25, 0.3) is 0 Å². The Morgan fingerprint density at radius 2 is 1.69 bits per heavy atom. The van der Waals surface area contributed by atoms with Crippen molar-refractivity contribution in [1.82, 2.24) is 0 Å². The Bertz CT molecular complexity index is 199. The van der Waals surface area contributed by atoms with Crippen LogP contribution in [0.3, 0.4) is 0 Å². The molecule has 0 radical (unpaired) electrons. The van der Waals surface area contributed by atoms with Crippen molar-refractivity contribution in [2.45, 2.75) is 39.5 Å². The predicted molar refractivity (Wildman–Crippen MR) is 53.3 cm³/mol. The van der Waals surface area contributed by atoms with Gasteiger partial charge in [-0.3, -0.25) is 0 Å². The highest BCUT2D eigenvalue weighted by Crippen LogP contribution is 2.50. The van der Waals surface area contributed by atoms with Crippen LogP contribution in [0.2, 0.25) is 0 Å². The van der Waals surface area contributed by atoms with Gasteiger partial charge in [-0.1, -0.05) is 26.7 Å². The fourth-order valence-electron chi connectivity index (χ4n) is 3.69. The van der Waals surface area contributed by atoms with Gasteiger partial charge >= 0.3 is 0 Å². The van der Waals surface area contributed by atoms with Gasteiger partial charge in [-0.15, -0.1) is 0 Å². The summed E-state index contributed by atoms with van der Waals surface area (Å²) in [6.07, 6.45) is 6.41. The van der Waals surface area contributed by atoms with Gasteiger partial charge in [0.05, 0.1) is 0 Å². The van der Waals surface area contributed by atoms with E-state index in [1.165, 1.54) is 25.5 Å². The Labute approximate surface area is 80.9 Å². The Hall–Kier alpha value is -0.330. The predicted octanol–water partition coefficient (Wildman–Crippen LogP) is 2.89. The maximum Gasteiger partial charge on any atom is 0.123 e. The molecule has 2 rings (SSSR count). The Balaban J connectivity index is 2.15. The van der Waals surface area contributed by atoms with Gasteiger partial charge in [-0.25, -0.2) is 0 Å². The second-order valence-corrected chi connectivity index (χ2v) is 5.15. The molecule has 0 aromatic heterocycles. The molecule has 0 spiro atoms. The molecular weight excluding hydrogens is 160 g/mol. The van der Waals surface area contributed by atoms with E-state index in [4.69, 9.17) is 0 Å². The average molecular weight is 180 g/mol. The zero-order valence-electron chi connectivity index (χ0n) is 8.70. The van der Waals surface area contributed by atoms with Crippen molar-refractivity contribution in [3.8, 4) is 0 Å².